The predicted octanol–water partition coefficient (Wildman–Crippen LogP) is 5.93. The normalized spacial score (nSPS) is 28.9. The molecule has 6 atom stereocenters. The number of carbonyl (C=O) groups is 1. The summed E-state index contributed by atoms with van der Waals surface area (Å²) in [6.45, 7) is 8.50. The maximum Gasteiger partial charge on any atom is 0.311 e. The van der Waals surface area contributed by atoms with Gasteiger partial charge in [-0.15, -0.1) is 0 Å². The second kappa shape index (κ2) is 13.7. The maximum atomic E-state index is 13.9. The molecule has 1 aliphatic carbocycles. The van der Waals surface area contributed by atoms with Crippen molar-refractivity contribution in [2.75, 3.05) is 19.8 Å². The summed E-state index contributed by atoms with van der Waals surface area (Å²) < 4.78 is 26.1. The molecule has 0 amide bonds. The number of cyclic esters (lactones) is 1. The molecule has 0 spiro atoms. The van der Waals surface area contributed by atoms with E-state index in [1.54, 1.807) is 0 Å². The lowest BCUT2D eigenvalue weighted by Crippen LogP contribution is -2.53. The highest BCUT2D eigenvalue weighted by Crippen LogP contribution is 2.61. The van der Waals surface area contributed by atoms with E-state index < -0.39 is 9.04 Å². The number of carbonyl (C=O) groups excluding carboxylic acids is 1. The third-order valence-corrected chi connectivity index (χ3v) is 12.9. The topological polar surface area (TPSA) is 54.0 Å². The zero-order chi connectivity index (χ0) is 30.6. The molecular weight excluding hydrogens is 564 g/mol. The molecule has 0 aromatic heterocycles. The number of ether oxygens (including phenoxy) is 3. The van der Waals surface area contributed by atoms with Crippen molar-refractivity contribution in [1.82, 2.24) is 0 Å². The number of rotatable bonds is 10. The van der Waals surface area contributed by atoms with E-state index in [0.717, 1.165) is 45.1 Å². The Labute approximate surface area is 265 Å². The Morgan fingerprint density at radius 3 is 2.11 bits per heavy atom. The van der Waals surface area contributed by atoms with Crippen LogP contribution < -0.4 is 10.4 Å². The molecule has 6 rings (SSSR count). The summed E-state index contributed by atoms with van der Waals surface area (Å²) >= 11 is 0. The van der Waals surface area contributed by atoms with Crippen LogP contribution in [0.25, 0.3) is 0 Å². The van der Waals surface area contributed by atoms with Crippen LogP contribution in [0.3, 0.4) is 0 Å². The highest BCUT2D eigenvalue weighted by atomic mass is 28.3. The summed E-state index contributed by atoms with van der Waals surface area (Å²) in [5, 5.41) is 2.43. The van der Waals surface area contributed by atoms with E-state index in [1.807, 2.05) is 12.1 Å². The van der Waals surface area contributed by atoms with Crippen LogP contribution in [0.5, 0.6) is 0 Å². The van der Waals surface area contributed by atoms with Gasteiger partial charge in [0, 0.05) is 19.1 Å². The number of hydrogen-bond donors (Lipinski definition) is 0. The van der Waals surface area contributed by atoms with E-state index in [9.17, 15) is 4.79 Å². The summed E-state index contributed by atoms with van der Waals surface area (Å²) in [7, 11) is -2.05. The summed E-state index contributed by atoms with van der Waals surface area (Å²) in [4.78, 5) is 13.9. The minimum Gasteiger partial charge on any atom is -0.465 e. The Morgan fingerprint density at radius 1 is 0.886 bits per heavy atom. The molecule has 2 saturated heterocycles. The molecule has 44 heavy (non-hydrogen) atoms. The van der Waals surface area contributed by atoms with Crippen molar-refractivity contribution in [2.24, 2.45) is 28.6 Å². The predicted molar refractivity (Wildman–Crippen MR) is 176 cm³/mol. The second-order valence-corrected chi connectivity index (χ2v) is 16.5. The van der Waals surface area contributed by atoms with Gasteiger partial charge >= 0.3 is 5.97 Å². The average molecular weight is 613 g/mol. The number of esters is 1. The minimum absolute atomic E-state index is 0.00726. The molecule has 3 aromatic carbocycles. The first kappa shape index (κ1) is 31.2. The van der Waals surface area contributed by atoms with E-state index in [2.05, 4.69) is 99.6 Å². The molecule has 0 bridgehead atoms. The van der Waals surface area contributed by atoms with Crippen molar-refractivity contribution < 1.29 is 23.4 Å². The van der Waals surface area contributed by atoms with Gasteiger partial charge in [0.05, 0.1) is 18.6 Å². The Kier molecular flexibility index (Phi) is 9.72. The van der Waals surface area contributed by atoms with Crippen LogP contribution in [0.2, 0.25) is 0 Å². The van der Waals surface area contributed by atoms with Crippen LogP contribution in [-0.2, 0) is 29.9 Å². The Hall–Kier alpha value is -2.77. The van der Waals surface area contributed by atoms with Gasteiger partial charge in [-0.1, -0.05) is 112 Å². The van der Waals surface area contributed by atoms with E-state index >= 15 is 0 Å². The van der Waals surface area contributed by atoms with Crippen molar-refractivity contribution >= 4 is 25.4 Å². The van der Waals surface area contributed by atoms with Crippen molar-refractivity contribution in [3.05, 3.63) is 96.6 Å². The van der Waals surface area contributed by atoms with Gasteiger partial charge in [0.15, 0.2) is 6.29 Å². The standard InChI is InChI=1S/C38H48O5Si/c1-37(2,3)35-31-26-41-36(39)32(27-42-44(29-17-9-5-10-18-29)30-19-11-6-12-20-30)38(31,23-22-28-15-7-4-8-16-28)25-33(35)43-34-21-13-14-24-40-34/h4-12,15-20,31-35,44H,13-14,21-27H2,1-3H3/t31-,32?,33-,34?,35-,38-/m1/s1. The zero-order valence-electron chi connectivity index (χ0n) is 26.5. The maximum absolute atomic E-state index is 13.9. The van der Waals surface area contributed by atoms with Crippen LogP contribution in [0.4, 0.5) is 0 Å². The van der Waals surface area contributed by atoms with Crippen LogP contribution in [0.15, 0.2) is 91.0 Å². The Bertz CT molecular complexity index is 1300. The number of benzene rings is 3. The summed E-state index contributed by atoms with van der Waals surface area (Å²) in [6.07, 6.45) is 5.58. The zero-order valence-corrected chi connectivity index (χ0v) is 27.7. The van der Waals surface area contributed by atoms with Gasteiger partial charge in [0.2, 0.25) is 9.04 Å². The fourth-order valence-electron chi connectivity index (χ4n) is 8.31. The van der Waals surface area contributed by atoms with Gasteiger partial charge in [0.25, 0.3) is 0 Å². The molecule has 2 heterocycles. The molecule has 1 saturated carbocycles. The van der Waals surface area contributed by atoms with E-state index in [1.165, 1.54) is 15.9 Å². The number of hydrogen-bond acceptors (Lipinski definition) is 5. The van der Waals surface area contributed by atoms with Gasteiger partial charge in [-0.2, -0.15) is 0 Å². The van der Waals surface area contributed by atoms with Gasteiger partial charge in [-0.05, 0) is 71.2 Å². The third-order valence-electron chi connectivity index (χ3n) is 10.4. The fraction of sp³-hybridized carbons (Fsp3) is 0.500. The third kappa shape index (κ3) is 6.74. The molecule has 3 aliphatic rings. The molecule has 2 aliphatic heterocycles. The molecule has 3 aromatic rings. The first-order chi connectivity index (χ1) is 21.3. The highest BCUT2D eigenvalue weighted by molar-refractivity contribution is 6.80. The van der Waals surface area contributed by atoms with Crippen LogP contribution in [0.1, 0.15) is 58.4 Å². The molecule has 2 unspecified atom stereocenters. The van der Waals surface area contributed by atoms with Crippen molar-refractivity contribution in [1.29, 1.82) is 0 Å². The Balaban J connectivity index is 1.35. The van der Waals surface area contributed by atoms with E-state index in [-0.39, 0.29) is 46.9 Å². The van der Waals surface area contributed by atoms with Crippen molar-refractivity contribution in [3.8, 4) is 0 Å². The second-order valence-electron chi connectivity index (χ2n) is 14.1. The average Bonchev–Trinajstić information content (AvgIpc) is 3.37. The van der Waals surface area contributed by atoms with Gasteiger partial charge in [-0.3, -0.25) is 4.79 Å². The highest BCUT2D eigenvalue weighted by Gasteiger charge is 2.64. The monoisotopic (exact) mass is 612 g/mol. The van der Waals surface area contributed by atoms with Crippen LogP contribution in [0, 0.1) is 28.6 Å². The Morgan fingerprint density at radius 2 is 1.52 bits per heavy atom. The largest absolute Gasteiger partial charge is 0.465 e. The van der Waals surface area contributed by atoms with E-state index in [0.29, 0.717) is 13.2 Å². The summed E-state index contributed by atoms with van der Waals surface area (Å²) in [5.41, 5.74) is 0.973. The lowest BCUT2D eigenvalue weighted by atomic mass is 9.60. The number of aryl methyl sites for hydroxylation is 1. The van der Waals surface area contributed by atoms with Crippen LogP contribution >= 0.6 is 0 Å². The lowest BCUT2D eigenvalue weighted by Gasteiger charge is -2.48. The first-order valence-corrected chi connectivity index (χ1v) is 18.2. The molecular formula is C38H48O5Si. The van der Waals surface area contributed by atoms with Crippen LogP contribution in [-0.4, -0.2) is 47.2 Å². The molecule has 234 valence electrons. The van der Waals surface area contributed by atoms with Gasteiger partial charge in [-0.25, -0.2) is 0 Å². The molecule has 0 N–H and O–H groups in total. The van der Waals surface area contributed by atoms with E-state index in [4.69, 9.17) is 18.6 Å². The summed E-state index contributed by atoms with van der Waals surface area (Å²) in [5.74, 6) is -0.0705. The van der Waals surface area contributed by atoms with Gasteiger partial charge < -0.3 is 18.6 Å². The summed E-state index contributed by atoms with van der Waals surface area (Å²) in [6, 6.07) is 31.7. The van der Waals surface area contributed by atoms with Crippen molar-refractivity contribution in [2.45, 2.75) is 71.7 Å². The SMILES string of the molecule is CC(C)(C)[C@@H]1[C@H]2COC(=O)C(CO[SiH](c3ccccc3)c3ccccc3)[C@]2(CCc2ccccc2)C[C@H]1OC1CCCCO1. The molecule has 0 radical (unpaired) electrons. The lowest BCUT2D eigenvalue weighted by molar-refractivity contribution is -0.203. The first-order valence-electron chi connectivity index (χ1n) is 16.5. The quantitative estimate of drug-likeness (QED) is 0.210. The van der Waals surface area contributed by atoms with Crippen molar-refractivity contribution in [3.63, 3.8) is 0 Å². The molecule has 6 heteroatoms. The molecule has 5 nitrogen and oxygen atoms in total. The smallest absolute Gasteiger partial charge is 0.311 e. The van der Waals surface area contributed by atoms with Gasteiger partial charge in [0.1, 0.15) is 0 Å². The molecule has 3 fully saturated rings. The minimum atomic E-state index is -2.05. The number of fused-ring (bicyclic) bond motifs is 1. The fourth-order valence-corrected chi connectivity index (χ4v) is 10.6.